The van der Waals surface area contributed by atoms with Crippen molar-refractivity contribution in [3.8, 4) is 22.9 Å². The topological polar surface area (TPSA) is 70.5 Å². The van der Waals surface area contributed by atoms with Crippen molar-refractivity contribution < 1.29 is 19.0 Å². The maximum atomic E-state index is 12.1. The van der Waals surface area contributed by atoms with Gasteiger partial charge in [-0.15, -0.1) is 0 Å². The van der Waals surface area contributed by atoms with Crippen LogP contribution in [0.1, 0.15) is 72.1 Å². The van der Waals surface area contributed by atoms with Crippen molar-refractivity contribution in [3.63, 3.8) is 0 Å². The minimum absolute atomic E-state index is 0.396. The normalized spacial score (nSPS) is 11.8. The van der Waals surface area contributed by atoms with Crippen LogP contribution in [0.25, 0.3) is 11.4 Å². The summed E-state index contributed by atoms with van der Waals surface area (Å²) in [5.74, 6) is 1.35. The Bertz CT molecular complexity index is 747. The first-order valence-electron chi connectivity index (χ1n) is 11.5. The third-order valence-electron chi connectivity index (χ3n) is 4.92. The summed E-state index contributed by atoms with van der Waals surface area (Å²) in [6, 6.07) is 7.13. The molecule has 31 heavy (non-hydrogen) atoms. The highest BCUT2D eigenvalue weighted by Crippen LogP contribution is 2.21. The van der Waals surface area contributed by atoms with Crippen LogP contribution in [0.15, 0.2) is 36.7 Å². The first-order valence-corrected chi connectivity index (χ1v) is 11.5. The third-order valence-corrected chi connectivity index (χ3v) is 4.92. The first-order chi connectivity index (χ1) is 15.1. The van der Waals surface area contributed by atoms with Crippen LogP contribution in [0.3, 0.4) is 0 Å². The van der Waals surface area contributed by atoms with Gasteiger partial charge in [-0.3, -0.25) is 0 Å². The number of benzene rings is 1. The lowest BCUT2D eigenvalue weighted by molar-refractivity contribution is -0.146. The van der Waals surface area contributed by atoms with E-state index in [9.17, 15) is 4.79 Å². The zero-order valence-corrected chi connectivity index (χ0v) is 19.1. The Morgan fingerprint density at radius 2 is 1.48 bits per heavy atom. The van der Waals surface area contributed by atoms with E-state index in [2.05, 4.69) is 23.8 Å². The van der Waals surface area contributed by atoms with Crippen LogP contribution in [0.4, 0.5) is 0 Å². The Morgan fingerprint density at radius 3 is 2.16 bits per heavy atom. The highest BCUT2D eigenvalue weighted by atomic mass is 16.6. The summed E-state index contributed by atoms with van der Waals surface area (Å²) < 4.78 is 16.6. The summed E-state index contributed by atoms with van der Waals surface area (Å²) in [6.45, 7) is 7.25. The lowest BCUT2D eigenvalue weighted by Crippen LogP contribution is -2.26. The van der Waals surface area contributed by atoms with Crippen molar-refractivity contribution in [2.75, 3.05) is 13.2 Å². The van der Waals surface area contributed by atoms with Crippen LogP contribution in [0, 0.1) is 0 Å². The molecule has 1 aromatic carbocycles. The number of hydrogen-bond acceptors (Lipinski definition) is 6. The second-order valence-electron chi connectivity index (χ2n) is 7.67. The summed E-state index contributed by atoms with van der Waals surface area (Å²) in [6.07, 6.45) is 12.2. The number of carbonyl (C=O) groups is 1. The van der Waals surface area contributed by atoms with Gasteiger partial charge >= 0.3 is 5.97 Å². The molecule has 0 N–H and O–H groups in total. The summed E-state index contributed by atoms with van der Waals surface area (Å²) in [5, 5.41) is 0. The van der Waals surface area contributed by atoms with Crippen molar-refractivity contribution in [2.24, 2.45) is 0 Å². The van der Waals surface area contributed by atoms with Gasteiger partial charge in [0.05, 0.1) is 19.0 Å². The maximum absolute atomic E-state index is 12.1. The number of ether oxygens (including phenoxy) is 3. The smallest absolute Gasteiger partial charge is 0.340 e. The molecule has 0 saturated carbocycles. The number of aromatic nitrogens is 2. The maximum Gasteiger partial charge on any atom is 0.340 e. The molecule has 0 saturated heterocycles. The molecule has 0 bridgehead atoms. The van der Waals surface area contributed by atoms with E-state index in [-0.39, 0.29) is 0 Å². The number of rotatable bonds is 15. The number of nitrogens with zero attached hydrogens (tertiary/aromatic N) is 2. The molecule has 0 amide bonds. The van der Waals surface area contributed by atoms with E-state index >= 15 is 0 Å². The Balaban J connectivity index is 1.77. The molecule has 1 heterocycles. The Hall–Kier alpha value is -2.47. The Labute approximate surface area is 186 Å². The standard InChI is InChI=1S/C25H36N2O4/c1-4-6-8-9-10-11-17-30-23-18-26-24(27-19-23)21-12-14-22(15-13-21)31-25(28)20(3)29-16-7-5-2/h12-15,18-20H,4-11,16-17H2,1-3H3/t20-/m0/s1. The second kappa shape index (κ2) is 14.5. The molecule has 1 aromatic heterocycles. The number of unbranched alkanes of at least 4 members (excludes halogenated alkanes) is 6. The van der Waals surface area contributed by atoms with Crippen molar-refractivity contribution in [1.82, 2.24) is 9.97 Å². The predicted octanol–water partition coefficient (Wildman–Crippen LogP) is 5.99. The van der Waals surface area contributed by atoms with Gasteiger partial charge in [-0.25, -0.2) is 14.8 Å². The number of hydrogen-bond donors (Lipinski definition) is 0. The van der Waals surface area contributed by atoms with Crippen LogP contribution in [-0.4, -0.2) is 35.3 Å². The van der Waals surface area contributed by atoms with Gasteiger partial charge in [0.15, 0.2) is 17.7 Å². The van der Waals surface area contributed by atoms with E-state index in [4.69, 9.17) is 14.2 Å². The molecular weight excluding hydrogens is 392 g/mol. The van der Waals surface area contributed by atoms with E-state index in [1.165, 1.54) is 32.1 Å². The zero-order valence-electron chi connectivity index (χ0n) is 19.1. The van der Waals surface area contributed by atoms with E-state index < -0.39 is 12.1 Å². The lowest BCUT2D eigenvalue weighted by atomic mass is 10.1. The monoisotopic (exact) mass is 428 g/mol. The van der Waals surface area contributed by atoms with Gasteiger partial charge in [0.25, 0.3) is 0 Å². The minimum atomic E-state index is -0.585. The average molecular weight is 429 g/mol. The van der Waals surface area contributed by atoms with Crippen LogP contribution < -0.4 is 9.47 Å². The van der Waals surface area contributed by atoms with Gasteiger partial charge in [0.1, 0.15) is 5.75 Å². The highest BCUT2D eigenvalue weighted by molar-refractivity contribution is 5.77. The van der Waals surface area contributed by atoms with Gasteiger partial charge in [0.2, 0.25) is 0 Å². The summed E-state index contributed by atoms with van der Waals surface area (Å²) in [4.78, 5) is 20.9. The van der Waals surface area contributed by atoms with E-state index in [1.807, 2.05) is 12.1 Å². The molecule has 2 aromatic rings. The molecule has 0 aliphatic heterocycles. The predicted molar refractivity (Wildman–Crippen MR) is 122 cm³/mol. The molecule has 2 rings (SSSR count). The quantitative estimate of drug-likeness (QED) is 0.197. The second-order valence-corrected chi connectivity index (χ2v) is 7.67. The van der Waals surface area contributed by atoms with Gasteiger partial charge in [-0.2, -0.15) is 0 Å². The number of esters is 1. The van der Waals surface area contributed by atoms with Crippen molar-refractivity contribution in [1.29, 1.82) is 0 Å². The molecule has 0 aliphatic rings. The van der Waals surface area contributed by atoms with Gasteiger partial charge in [-0.1, -0.05) is 52.4 Å². The average Bonchev–Trinajstić information content (AvgIpc) is 2.79. The fourth-order valence-corrected chi connectivity index (χ4v) is 2.96. The lowest BCUT2D eigenvalue weighted by Gasteiger charge is -2.12. The van der Waals surface area contributed by atoms with Crippen molar-refractivity contribution in [3.05, 3.63) is 36.7 Å². The molecule has 0 aliphatic carbocycles. The molecule has 0 fully saturated rings. The number of carbonyl (C=O) groups excluding carboxylic acids is 1. The van der Waals surface area contributed by atoms with Gasteiger partial charge in [-0.05, 0) is 44.0 Å². The molecule has 1 atom stereocenters. The SMILES string of the molecule is CCCCCCCCOc1cnc(-c2ccc(OC(=O)[C@H](C)OCCCC)cc2)nc1. The summed E-state index contributed by atoms with van der Waals surface area (Å²) in [7, 11) is 0. The van der Waals surface area contributed by atoms with Crippen molar-refractivity contribution in [2.45, 2.75) is 78.2 Å². The third kappa shape index (κ3) is 9.47. The van der Waals surface area contributed by atoms with Crippen LogP contribution in [0.2, 0.25) is 0 Å². The van der Waals surface area contributed by atoms with Crippen molar-refractivity contribution >= 4 is 5.97 Å². The van der Waals surface area contributed by atoms with Gasteiger partial charge in [0, 0.05) is 12.2 Å². The summed E-state index contributed by atoms with van der Waals surface area (Å²) >= 11 is 0. The fraction of sp³-hybridized carbons (Fsp3) is 0.560. The minimum Gasteiger partial charge on any atom is -0.490 e. The zero-order chi connectivity index (χ0) is 22.3. The highest BCUT2D eigenvalue weighted by Gasteiger charge is 2.15. The Morgan fingerprint density at radius 1 is 0.839 bits per heavy atom. The van der Waals surface area contributed by atoms with E-state index in [0.717, 1.165) is 24.8 Å². The largest absolute Gasteiger partial charge is 0.490 e. The fourth-order valence-electron chi connectivity index (χ4n) is 2.96. The van der Waals surface area contributed by atoms with Gasteiger partial charge < -0.3 is 14.2 Å². The Kier molecular flexibility index (Phi) is 11.6. The molecular formula is C25H36N2O4. The molecule has 6 heteroatoms. The van der Waals surface area contributed by atoms with Crippen LogP contribution in [0.5, 0.6) is 11.5 Å². The molecule has 0 spiro atoms. The summed E-state index contributed by atoms with van der Waals surface area (Å²) in [5.41, 5.74) is 0.842. The van der Waals surface area contributed by atoms with E-state index in [0.29, 0.717) is 30.5 Å². The molecule has 6 nitrogen and oxygen atoms in total. The van der Waals surface area contributed by atoms with Crippen LogP contribution >= 0.6 is 0 Å². The molecule has 0 unspecified atom stereocenters. The first kappa shape index (κ1) is 24.8. The molecule has 0 radical (unpaired) electrons. The van der Waals surface area contributed by atoms with Crippen LogP contribution in [-0.2, 0) is 9.53 Å². The van der Waals surface area contributed by atoms with E-state index in [1.54, 1.807) is 31.5 Å². The molecule has 170 valence electrons.